The average molecular weight is 532 g/mol. The van der Waals surface area contributed by atoms with Gasteiger partial charge in [-0.2, -0.15) is 9.30 Å². The molecule has 0 bridgehead atoms. The third-order valence-corrected chi connectivity index (χ3v) is 9.85. The number of hydrogen-bond acceptors (Lipinski definition) is 7. The number of benzene rings is 1. The molecule has 1 aromatic carbocycles. The molecule has 1 aliphatic heterocycles. The molecule has 1 aliphatic rings. The zero-order valence-corrected chi connectivity index (χ0v) is 20.6. The molecule has 1 unspecified atom stereocenters. The van der Waals surface area contributed by atoms with Crippen molar-refractivity contribution < 1.29 is 27.1 Å². The van der Waals surface area contributed by atoms with Crippen LogP contribution < -0.4 is 4.80 Å². The van der Waals surface area contributed by atoms with Crippen LogP contribution in [0.3, 0.4) is 0 Å². The van der Waals surface area contributed by atoms with Crippen molar-refractivity contribution in [2.24, 2.45) is 10.9 Å². The first kappa shape index (κ1) is 24.0. The number of fused-ring (bicyclic) bond motifs is 1. The molecule has 0 spiro atoms. The van der Waals surface area contributed by atoms with E-state index in [2.05, 4.69) is 4.99 Å². The van der Waals surface area contributed by atoms with Crippen LogP contribution in [0.5, 0.6) is 0 Å². The Bertz CT molecular complexity index is 1400. The van der Waals surface area contributed by atoms with Crippen LogP contribution in [0.1, 0.15) is 12.8 Å². The molecule has 4 rings (SSSR count). The molecular formula is C20H19ClFN3O5S3. The van der Waals surface area contributed by atoms with Crippen molar-refractivity contribution >= 4 is 66.4 Å². The van der Waals surface area contributed by atoms with Gasteiger partial charge >= 0.3 is 5.97 Å². The molecule has 33 heavy (non-hydrogen) atoms. The molecule has 8 nitrogen and oxygen atoms in total. The number of carbonyl (C=O) groups excluding carboxylic acids is 2. The second kappa shape index (κ2) is 9.63. The Morgan fingerprint density at radius 1 is 1.27 bits per heavy atom. The number of carbonyl (C=O) groups is 2. The van der Waals surface area contributed by atoms with Crippen molar-refractivity contribution in [3.63, 3.8) is 0 Å². The van der Waals surface area contributed by atoms with Crippen LogP contribution in [0.2, 0.25) is 4.34 Å². The molecule has 1 atom stereocenters. The number of thiophene rings is 1. The van der Waals surface area contributed by atoms with E-state index in [0.29, 0.717) is 33.9 Å². The van der Waals surface area contributed by atoms with Gasteiger partial charge in [0.1, 0.15) is 16.6 Å². The van der Waals surface area contributed by atoms with Crippen LogP contribution in [0, 0.1) is 11.7 Å². The van der Waals surface area contributed by atoms with E-state index in [0.717, 1.165) is 22.7 Å². The van der Waals surface area contributed by atoms with Crippen molar-refractivity contribution in [2.45, 2.75) is 23.6 Å². The van der Waals surface area contributed by atoms with E-state index in [9.17, 15) is 22.4 Å². The van der Waals surface area contributed by atoms with Gasteiger partial charge in [0.05, 0.1) is 27.6 Å². The normalized spacial score (nSPS) is 18.0. The van der Waals surface area contributed by atoms with Crippen LogP contribution in [0.15, 0.2) is 39.5 Å². The van der Waals surface area contributed by atoms with Crippen LogP contribution in [-0.2, 0) is 30.9 Å². The zero-order chi connectivity index (χ0) is 23.8. The van der Waals surface area contributed by atoms with Crippen molar-refractivity contribution in [1.82, 2.24) is 8.87 Å². The van der Waals surface area contributed by atoms with Crippen LogP contribution in [0.4, 0.5) is 4.39 Å². The summed E-state index contributed by atoms with van der Waals surface area (Å²) in [6.07, 6.45) is 0.986. The number of sulfonamides is 1. The lowest BCUT2D eigenvalue weighted by atomic mass is 9.99. The van der Waals surface area contributed by atoms with Gasteiger partial charge in [-0.25, -0.2) is 12.8 Å². The fraction of sp³-hybridized carbons (Fsp3) is 0.350. The Hall–Kier alpha value is -2.12. The quantitative estimate of drug-likeness (QED) is 0.471. The van der Waals surface area contributed by atoms with E-state index in [1.54, 1.807) is 0 Å². The Balaban J connectivity index is 1.65. The Morgan fingerprint density at radius 2 is 2.06 bits per heavy atom. The van der Waals surface area contributed by atoms with Gasteiger partial charge < -0.3 is 9.30 Å². The van der Waals surface area contributed by atoms with Gasteiger partial charge in [0.25, 0.3) is 15.9 Å². The lowest BCUT2D eigenvalue weighted by Gasteiger charge is -2.29. The summed E-state index contributed by atoms with van der Waals surface area (Å²) in [6.45, 7) is 0.0986. The number of halogens is 2. The first-order valence-corrected chi connectivity index (χ1v) is 13.3. The van der Waals surface area contributed by atoms with Crippen molar-refractivity contribution in [3.05, 3.63) is 45.3 Å². The number of rotatable bonds is 5. The largest absolute Gasteiger partial charge is 0.468 e. The molecule has 3 heterocycles. The summed E-state index contributed by atoms with van der Waals surface area (Å²) in [5.41, 5.74) is 0.542. The fourth-order valence-corrected chi connectivity index (χ4v) is 7.81. The maximum Gasteiger partial charge on any atom is 0.325 e. The molecule has 1 fully saturated rings. The van der Waals surface area contributed by atoms with Gasteiger partial charge in [-0.05, 0) is 43.2 Å². The number of ether oxygens (including phenoxy) is 1. The highest BCUT2D eigenvalue weighted by Crippen LogP contribution is 2.31. The number of esters is 1. The Labute approximate surface area is 201 Å². The third-order valence-electron chi connectivity index (χ3n) is 5.24. The minimum absolute atomic E-state index is 0.00326. The molecule has 1 amide bonds. The number of nitrogens with zero attached hydrogens (tertiary/aromatic N) is 3. The lowest BCUT2D eigenvalue weighted by molar-refractivity contribution is -0.141. The van der Waals surface area contributed by atoms with Gasteiger partial charge in [-0.3, -0.25) is 9.59 Å². The van der Waals surface area contributed by atoms with Gasteiger partial charge in [0.15, 0.2) is 4.80 Å². The Morgan fingerprint density at radius 3 is 2.76 bits per heavy atom. The SMILES string of the molecule is COC(=O)Cn1c(=NC(=O)C2CCCN(S(=O)(=O)c3ccc(Cl)s3)C2)sc2cc(F)ccc21. The van der Waals surface area contributed by atoms with E-state index in [4.69, 9.17) is 16.3 Å². The predicted molar refractivity (Wildman–Crippen MR) is 123 cm³/mol. The molecule has 3 aromatic rings. The van der Waals surface area contributed by atoms with Crippen LogP contribution in [0.25, 0.3) is 10.2 Å². The molecule has 176 valence electrons. The number of hydrogen-bond donors (Lipinski definition) is 0. The third kappa shape index (κ3) is 5.04. The molecule has 0 aliphatic carbocycles. The molecule has 1 saturated heterocycles. The Kier molecular flexibility index (Phi) is 7.01. The monoisotopic (exact) mass is 531 g/mol. The standard InChI is InChI=1S/C20H19ClFN3O5S3/c1-30-17(26)11-25-14-5-4-13(22)9-15(14)31-20(25)23-19(27)12-3-2-8-24(10-12)33(28,29)18-7-6-16(21)32-18/h4-7,9,12H,2-3,8,10-11H2,1H3. The maximum absolute atomic E-state index is 13.7. The predicted octanol–water partition coefficient (Wildman–Crippen LogP) is 3.26. The highest BCUT2D eigenvalue weighted by Gasteiger charge is 2.34. The van der Waals surface area contributed by atoms with Crippen LogP contribution >= 0.6 is 34.3 Å². The first-order chi connectivity index (χ1) is 15.7. The molecule has 13 heteroatoms. The topological polar surface area (TPSA) is 98.0 Å². The maximum atomic E-state index is 13.7. The van der Waals surface area contributed by atoms with E-state index >= 15 is 0 Å². The van der Waals surface area contributed by atoms with Gasteiger partial charge in [-0.1, -0.05) is 22.9 Å². The highest BCUT2D eigenvalue weighted by atomic mass is 35.5. The molecular weight excluding hydrogens is 513 g/mol. The smallest absolute Gasteiger partial charge is 0.325 e. The highest BCUT2D eigenvalue weighted by molar-refractivity contribution is 7.91. The molecule has 0 saturated carbocycles. The zero-order valence-electron chi connectivity index (χ0n) is 17.4. The average Bonchev–Trinajstić information content (AvgIpc) is 3.37. The van der Waals surface area contributed by atoms with E-state index in [1.165, 1.54) is 46.3 Å². The second-order valence-corrected chi connectivity index (χ2v) is 12.3. The van der Waals surface area contributed by atoms with Crippen molar-refractivity contribution in [1.29, 1.82) is 0 Å². The number of methoxy groups -OCH3 is 1. The minimum Gasteiger partial charge on any atom is -0.468 e. The summed E-state index contributed by atoms with van der Waals surface area (Å²) in [5, 5.41) is 0. The summed E-state index contributed by atoms with van der Waals surface area (Å²) in [5.74, 6) is -2.13. The summed E-state index contributed by atoms with van der Waals surface area (Å²) < 4.78 is 48.1. The molecule has 0 radical (unpaired) electrons. The van der Waals surface area contributed by atoms with Crippen molar-refractivity contribution in [2.75, 3.05) is 20.2 Å². The molecule has 0 N–H and O–H groups in total. The first-order valence-electron chi connectivity index (χ1n) is 9.89. The molecule has 2 aromatic heterocycles. The minimum atomic E-state index is -3.77. The van der Waals surface area contributed by atoms with Crippen LogP contribution in [-0.4, -0.2) is 49.4 Å². The fourth-order valence-electron chi connectivity index (χ4n) is 3.59. The summed E-state index contributed by atoms with van der Waals surface area (Å²) in [7, 11) is -2.52. The van der Waals surface area contributed by atoms with Crippen molar-refractivity contribution in [3.8, 4) is 0 Å². The van der Waals surface area contributed by atoms with Gasteiger partial charge in [0.2, 0.25) is 0 Å². The summed E-state index contributed by atoms with van der Waals surface area (Å²) >= 11 is 7.93. The van der Waals surface area contributed by atoms with E-state index in [-0.39, 0.29) is 22.1 Å². The lowest BCUT2D eigenvalue weighted by Crippen LogP contribution is -2.42. The van der Waals surface area contributed by atoms with E-state index in [1.807, 2.05) is 0 Å². The van der Waals surface area contributed by atoms with Gasteiger partial charge in [-0.15, -0.1) is 11.3 Å². The number of thiazole rings is 1. The number of aromatic nitrogens is 1. The number of piperidine rings is 1. The second-order valence-electron chi connectivity index (χ2n) is 7.37. The van der Waals surface area contributed by atoms with E-state index < -0.39 is 33.6 Å². The summed E-state index contributed by atoms with van der Waals surface area (Å²) in [6, 6.07) is 7.04. The number of amides is 1. The summed E-state index contributed by atoms with van der Waals surface area (Å²) in [4.78, 5) is 29.3. The van der Waals surface area contributed by atoms with Gasteiger partial charge in [0, 0.05) is 13.1 Å².